The number of aliphatic imine (C=N–C) groups is 3. The fourth-order valence-corrected chi connectivity index (χ4v) is 6.20. The number of aryl methyl sites for hydroxylation is 1. The van der Waals surface area contributed by atoms with Gasteiger partial charge in [-0.1, -0.05) is 109 Å². The van der Waals surface area contributed by atoms with Crippen molar-refractivity contribution in [1.82, 2.24) is 4.98 Å². The molecule has 0 fully saturated rings. The van der Waals surface area contributed by atoms with Gasteiger partial charge in [0, 0.05) is 28.9 Å². The van der Waals surface area contributed by atoms with Crippen LogP contribution in [0.1, 0.15) is 34.7 Å². The minimum absolute atomic E-state index is 0.501. The summed E-state index contributed by atoms with van der Waals surface area (Å²) >= 11 is 0. The Kier molecular flexibility index (Phi) is 9.11. The van der Waals surface area contributed by atoms with Crippen LogP contribution in [0.15, 0.2) is 167 Å². The molecule has 0 aliphatic heterocycles. The van der Waals surface area contributed by atoms with Crippen LogP contribution in [0.4, 0.5) is 0 Å². The number of amidine groups is 2. The number of aromatic nitrogens is 1. The Morgan fingerprint density at radius 1 is 0.653 bits per heavy atom. The van der Waals surface area contributed by atoms with E-state index in [0.29, 0.717) is 18.2 Å². The Labute approximate surface area is 287 Å². The Bertz CT molecular complexity index is 2390. The van der Waals surface area contributed by atoms with Crippen molar-refractivity contribution in [3.05, 3.63) is 180 Å². The van der Waals surface area contributed by atoms with Gasteiger partial charge in [-0.3, -0.25) is 9.98 Å². The average Bonchev–Trinajstić information content (AvgIpc) is 3.16. The van der Waals surface area contributed by atoms with Gasteiger partial charge in [0.1, 0.15) is 0 Å². The highest BCUT2D eigenvalue weighted by atomic mass is 15.0. The predicted octanol–water partition coefficient (Wildman–Crippen LogP) is 11.2. The van der Waals surface area contributed by atoms with Crippen molar-refractivity contribution < 1.29 is 0 Å². The Morgan fingerprint density at radius 2 is 1.35 bits per heavy atom. The zero-order valence-electron chi connectivity index (χ0n) is 27.7. The van der Waals surface area contributed by atoms with Gasteiger partial charge in [-0.05, 0) is 112 Å². The molecular weight excluding hydrogens is 597 g/mol. The second kappa shape index (κ2) is 14.2. The Hall–Kier alpha value is -6.26. The molecule has 0 saturated heterocycles. The molecular formula is C45H36N4. The third-order valence-corrected chi connectivity index (χ3v) is 8.76. The van der Waals surface area contributed by atoms with Gasteiger partial charge >= 0.3 is 0 Å². The largest absolute Gasteiger partial charge is 0.264 e. The van der Waals surface area contributed by atoms with Gasteiger partial charge < -0.3 is 0 Å². The molecule has 0 spiro atoms. The second-order valence-electron chi connectivity index (χ2n) is 12.1. The fourth-order valence-electron chi connectivity index (χ4n) is 6.20. The zero-order chi connectivity index (χ0) is 33.6. The molecule has 7 rings (SSSR count). The van der Waals surface area contributed by atoms with Crippen LogP contribution in [0, 0.1) is 6.92 Å². The van der Waals surface area contributed by atoms with E-state index in [0.717, 1.165) is 49.7 Å². The number of allylic oxidation sites excluding steroid dienone is 1. The van der Waals surface area contributed by atoms with Crippen molar-refractivity contribution in [2.75, 3.05) is 0 Å². The molecule has 4 nitrogen and oxygen atoms in total. The molecule has 236 valence electrons. The molecule has 0 bridgehead atoms. The van der Waals surface area contributed by atoms with Crippen LogP contribution in [-0.2, 0) is 6.54 Å². The van der Waals surface area contributed by atoms with Gasteiger partial charge in [-0.15, -0.1) is 0 Å². The summed E-state index contributed by atoms with van der Waals surface area (Å²) < 4.78 is 0. The van der Waals surface area contributed by atoms with E-state index in [-0.39, 0.29) is 0 Å². The minimum Gasteiger partial charge on any atom is -0.264 e. The van der Waals surface area contributed by atoms with Crippen LogP contribution in [-0.4, -0.2) is 23.4 Å². The van der Waals surface area contributed by atoms with Gasteiger partial charge in [0.05, 0.1) is 6.54 Å². The highest BCUT2D eigenvalue weighted by Gasteiger charge is 2.13. The maximum absolute atomic E-state index is 5.08. The molecule has 1 aromatic heterocycles. The molecule has 0 amide bonds. The van der Waals surface area contributed by atoms with Gasteiger partial charge in [0.25, 0.3) is 0 Å². The highest BCUT2D eigenvalue weighted by molar-refractivity contribution is 6.13. The quantitative estimate of drug-likeness (QED) is 0.127. The van der Waals surface area contributed by atoms with Crippen molar-refractivity contribution >= 4 is 46.0 Å². The molecule has 7 aromatic rings. The van der Waals surface area contributed by atoms with Crippen LogP contribution in [0.25, 0.3) is 49.9 Å². The monoisotopic (exact) mass is 632 g/mol. The number of rotatable bonds is 7. The molecule has 6 aromatic carbocycles. The molecule has 0 radical (unpaired) electrons. The lowest BCUT2D eigenvalue weighted by Gasteiger charge is -2.13. The van der Waals surface area contributed by atoms with Crippen LogP contribution >= 0.6 is 0 Å². The topological polar surface area (TPSA) is 50.0 Å². The fraction of sp³-hybridized carbons (Fsp3) is 0.0667. The summed E-state index contributed by atoms with van der Waals surface area (Å²) in [6.45, 7) is 8.70. The summed E-state index contributed by atoms with van der Waals surface area (Å²) in [6.07, 6.45) is 8.02. The zero-order valence-corrected chi connectivity index (χ0v) is 27.7. The van der Waals surface area contributed by atoms with E-state index in [2.05, 4.69) is 122 Å². The first-order valence-corrected chi connectivity index (χ1v) is 16.4. The van der Waals surface area contributed by atoms with E-state index in [1.54, 1.807) is 0 Å². The van der Waals surface area contributed by atoms with Gasteiger partial charge in [0.2, 0.25) is 0 Å². The molecule has 0 N–H and O–H groups in total. The summed E-state index contributed by atoms with van der Waals surface area (Å²) in [5, 5.41) is 4.65. The molecule has 0 unspecified atom stereocenters. The second-order valence-corrected chi connectivity index (χ2v) is 12.1. The van der Waals surface area contributed by atoms with Crippen LogP contribution in [0.3, 0.4) is 0 Å². The number of pyridine rings is 1. The lowest BCUT2D eigenvalue weighted by molar-refractivity contribution is 1.06. The first-order valence-electron chi connectivity index (χ1n) is 16.4. The summed E-state index contributed by atoms with van der Waals surface area (Å²) in [4.78, 5) is 18.9. The smallest absolute Gasteiger partial charge is 0.161 e. The number of benzene rings is 6. The van der Waals surface area contributed by atoms with E-state index < -0.39 is 0 Å². The van der Waals surface area contributed by atoms with Crippen LogP contribution in [0.2, 0.25) is 0 Å². The molecule has 4 heteroatoms. The van der Waals surface area contributed by atoms with E-state index in [1.165, 1.54) is 21.9 Å². The molecule has 0 aliphatic rings. The Balaban J connectivity index is 1.40. The van der Waals surface area contributed by atoms with Crippen molar-refractivity contribution in [1.29, 1.82) is 0 Å². The maximum Gasteiger partial charge on any atom is 0.161 e. The lowest BCUT2D eigenvalue weighted by Crippen LogP contribution is -2.06. The summed E-state index contributed by atoms with van der Waals surface area (Å²) in [7, 11) is 0. The Morgan fingerprint density at radius 3 is 2.08 bits per heavy atom. The summed E-state index contributed by atoms with van der Waals surface area (Å²) in [5.74, 6) is 1.11. The lowest BCUT2D eigenvalue weighted by atomic mass is 9.92. The molecule has 0 atom stereocenters. The third-order valence-electron chi connectivity index (χ3n) is 8.76. The normalized spacial score (nSPS) is 12.2. The maximum atomic E-state index is 5.08. The first-order chi connectivity index (χ1) is 24.1. The van der Waals surface area contributed by atoms with Gasteiger partial charge in [0.15, 0.2) is 11.7 Å². The number of hydrogen-bond donors (Lipinski definition) is 0. The van der Waals surface area contributed by atoms with E-state index in [4.69, 9.17) is 9.98 Å². The third kappa shape index (κ3) is 6.90. The molecule has 1 heterocycles. The SMILES string of the molecule is C=NC(=NC(=NCc1ccccc1)c1ccccc1)c1cc(-c2ccc3ccncc3c2)cc(-c2ccc3c(/C=C\C)c(C)ccc3c2)c1. The predicted molar refractivity (Wildman–Crippen MR) is 209 cm³/mol. The minimum atomic E-state index is 0.501. The standard InChI is InChI=1S/C45H36N4/c1-4-11-42-31(2)16-17-37-24-36(20-21-43(37)42)39-26-38(35-19-18-33-22-23-47-30-41(33)25-35)27-40(28-39)44(46-3)49-45(34-14-9-6-10-15-34)48-29-32-12-7-5-8-13-32/h4-28,30H,3,29H2,1-2H3/b11-4-,48-45?,49-44?. The number of hydrogen-bond acceptors (Lipinski definition) is 2. The van der Waals surface area contributed by atoms with Crippen LogP contribution in [0.5, 0.6) is 0 Å². The first kappa shape index (κ1) is 31.3. The van der Waals surface area contributed by atoms with E-state index in [1.807, 2.05) is 67.0 Å². The molecule has 49 heavy (non-hydrogen) atoms. The van der Waals surface area contributed by atoms with Gasteiger partial charge in [-0.25, -0.2) is 9.98 Å². The number of fused-ring (bicyclic) bond motifs is 2. The van der Waals surface area contributed by atoms with Crippen LogP contribution < -0.4 is 0 Å². The van der Waals surface area contributed by atoms with Crippen molar-refractivity contribution in [3.8, 4) is 22.3 Å². The summed E-state index contributed by atoms with van der Waals surface area (Å²) in [5.41, 5.74) is 9.70. The average molecular weight is 633 g/mol. The van der Waals surface area contributed by atoms with E-state index >= 15 is 0 Å². The van der Waals surface area contributed by atoms with Crippen molar-refractivity contribution in [2.24, 2.45) is 15.0 Å². The number of nitrogens with zero attached hydrogens (tertiary/aromatic N) is 4. The van der Waals surface area contributed by atoms with Crippen molar-refractivity contribution in [2.45, 2.75) is 20.4 Å². The molecule has 0 aliphatic carbocycles. The van der Waals surface area contributed by atoms with E-state index in [9.17, 15) is 0 Å². The van der Waals surface area contributed by atoms with Gasteiger partial charge in [-0.2, -0.15) is 0 Å². The summed E-state index contributed by atoms with van der Waals surface area (Å²) in [6, 6.07) is 46.4. The van der Waals surface area contributed by atoms with Crippen molar-refractivity contribution in [3.63, 3.8) is 0 Å². The highest BCUT2D eigenvalue weighted by Crippen LogP contribution is 2.33. The molecule has 0 saturated carbocycles.